The molecule has 0 atom stereocenters. The second-order valence-electron chi connectivity index (χ2n) is 4.04. The molecule has 2 rings (SSSR count). The van der Waals surface area contributed by atoms with Crippen molar-refractivity contribution in [2.75, 3.05) is 5.32 Å². The van der Waals surface area contributed by atoms with Crippen LogP contribution in [0.15, 0.2) is 40.9 Å². The zero-order valence-electron chi connectivity index (χ0n) is 10.0. The zero-order valence-corrected chi connectivity index (χ0v) is 13.1. The van der Waals surface area contributed by atoms with Gasteiger partial charge in [-0.05, 0) is 48.9 Å². The van der Waals surface area contributed by atoms with Crippen molar-refractivity contribution < 1.29 is 4.79 Å². The number of nitrogens with one attached hydrogen (secondary N) is 1. The van der Waals surface area contributed by atoms with Gasteiger partial charge in [0.15, 0.2) is 0 Å². The smallest absolute Gasteiger partial charge is 0.257 e. The Hall–Kier alpha value is -1.03. The van der Waals surface area contributed by atoms with E-state index in [1.54, 1.807) is 18.2 Å². The summed E-state index contributed by atoms with van der Waals surface area (Å²) in [6, 6.07) is 10.4. The van der Waals surface area contributed by atoms with Crippen LogP contribution in [0.3, 0.4) is 0 Å². The number of anilines is 1. The molecule has 2 aromatic rings. The lowest BCUT2D eigenvalue weighted by Gasteiger charge is -2.08. The lowest BCUT2D eigenvalue weighted by Crippen LogP contribution is -2.12. The van der Waals surface area contributed by atoms with E-state index in [-0.39, 0.29) is 5.91 Å². The van der Waals surface area contributed by atoms with Crippen LogP contribution in [0, 0.1) is 6.92 Å². The number of halogens is 3. The number of hydrogen-bond acceptors (Lipinski definition) is 1. The van der Waals surface area contributed by atoms with Gasteiger partial charge in [0, 0.05) is 15.2 Å². The number of rotatable bonds is 2. The molecule has 0 aliphatic heterocycles. The van der Waals surface area contributed by atoms with E-state index in [9.17, 15) is 4.79 Å². The van der Waals surface area contributed by atoms with Gasteiger partial charge in [-0.2, -0.15) is 0 Å². The highest BCUT2D eigenvalue weighted by Crippen LogP contribution is 2.23. The van der Waals surface area contributed by atoms with Gasteiger partial charge in [-0.15, -0.1) is 0 Å². The molecule has 0 spiro atoms. The average molecular weight is 359 g/mol. The number of carbonyl (C=O) groups is 1. The molecule has 5 heteroatoms. The highest BCUT2D eigenvalue weighted by Gasteiger charge is 2.11. The number of aryl methyl sites for hydroxylation is 1. The minimum absolute atomic E-state index is 0.283. The first-order valence-corrected chi connectivity index (χ1v) is 7.05. The Morgan fingerprint density at radius 3 is 2.58 bits per heavy atom. The maximum Gasteiger partial charge on any atom is 0.257 e. The summed E-state index contributed by atoms with van der Waals surface area (Å²) in [5.74, 6) is -0.283. The summed E-state index contributed by atoms with van der Waals surface area (Å²) < 4.78 is 0.992. The molecular weight excluding hydrogens is 349 g/mol. The number of amides is 1. The van der Waals surface area contributed by atoms with Crippen molar-refractivity contribution >= 4 is 50.7 Å². The van der Waals surface area contributed by atoms with Gasteiger partial charge < -0.3 is 5.32 Å². The van der Waals surface area contributed by atoms with Crippen molar-refractivity contribution in [3.05, 3.63) is 62.0 Å². The predicted molar refractivity (Wildman–Crippen MR) is 83.3 cm³/mol. The van der Waals surface area contributed by atoms with Crippen LogP contribution >= 0.6 is 39.1 Å². The standard InChI is InChI=1S/C14H10BrCl2NO/c1-8-6-10(3-4-12(8)15)18-14(19)11-7-9(16)2-5-13(11)17/h2-7H,1H3,(H,18,19). The summed E-state index contributed by atoms with van der Waals surface area (Å²) >= 11 is 15.3. The van der Waals surface area contributed by atoms with Gasteiger partial charge >= 0.3 is 0 Å². The molecule has 0 unspecified atom stereocenters. The normalized spacial score (nSPS) is 10.3. The largest absolute Gasteiger partial charge is 0.322 e. The lowest BCUT2D eigenvalue weighted by molar-refractivity contribution is 0.102. The fourth-order valence-electron chi connectivity index (χ4n) is 1.59. The van der Waals surface area contributed by atoms with E-state index in [2.05, 4.69) is 21.2 Å². The highest BCUT2D eigenvalue weighted by atomic mass is 79.9. The number of benzene rings is 2. The van der Waals surface area contributed by atoms with Crippen molar-refractivity contribution in [1.82, 2.24) is 0 Å². The van der Waals surface area contributed by atoms with Gasteiger partial charge in [-0.25, -0.2) is 0 Å². The number of carbonyl (C=O) groups excluding carboxylic acids is 1. The molecule has 2 aromatic carbocycles. The summed E-state index contributed by atoms with van der Waals surface area (Å²) in [5.41, 5.74) is 2.10. The number of hydrogen-bond donors (Lipinski definition) is 1. The second kappa shape index (κ2) is 5.95. The van der Waals surface area contributed by atoms with Crippen LogP contribution in [0.1, 0.15) is 15.9 Å². The van der Waals surface area contributed by atoms with E-state index in [1.807, 2.05) is 25.1 Å². The van der Waals surface area contributed by atoms with E-state index in [0.29, 0.717) is 21.3 Å². The molecule has 0 fully saturated rings. The fraction of sp³-hybridized carbons (Fsp3) is 0.0714. The molecule has 1 amide bonds. The van der Waals surface area contributed by atoms with Crippen LogP contribution in [0.2, 0.25) is 10.0 Å². The van der Waals surface area contributed by atoms with Crippen molar-refractivity contribution in [1.29, 1.82) is 0 Å². The zero-order chi connectivity index (χ0) is 14.0. The third-order valence-corrected chi connectivity index (χ3v) is 4.04. The van der Waals surface area contributed by atoms with E-state index in [4.69, 9.17) is 23.2 Å². The van der Waals surface area contributed by atoms with Gasteiger partial charge in [0.1, 0.15) is 0 Å². The van der Waals surface area contributed by atoms with Crippen LogP contribution in [-0.2, 0) is 0 Å². The molecule has 0 aliphatic carbocycles. The van der Waals surface area contributed by atoms with E-state index in [0.717, 1.165) is 10.0 Å². The molecular formula is C14H10BrCl2NO. The molecule has 0 aromatic heterocycles. The minimum atomic E-state index is -0.283. The third kappa shape index (κ3) is 3.50. The maximum atomic E-state index is 12.1. The van der Waals surface area contributed by atoms with Crippen molar-refractivity contribution in [3.8, 4) is 0 Å². The molecule has 19 heavy (non-hydrogen) atoms. The molecule has 0 radical (unpaired) electrons. The first-order chi connectivity index (χ1) is 8.97. The monoisotopic (exact) mass is 357 g/mol. The van der Waals surface area contributed by atoms with Crippen LogP contribution in [-0.4, -0.2) is 5.91 Å². The fourth-order valence-corrected chi connectivity index (χ4v) is 2.21. The predicted octanol–water partition coefficient (Wildman–Crippen LogP) is 5.32. The summed E-state index contributed by atoms with van der Waals surface area (Å²) in [5, 5.41) is 3.64. The minimum Gasteiger partial charge on any atom is -0.322 e. The molecule has 1 N–H and O–H groups in total. The first-order valence-electron chi connectivity index (χ1n) is 5.50. The van der Waals surface area contributed by atoms with Crippen molar-refractivity contribution in [2.45, 2.75) is 6.92 Å². The Morgan fingerprint density at radius 2 is 1.89 bits per heavy atom. The third-order valence-electron chi connectivity index (χ3n) is 2.59. The average Bonchev–Trinajstić information content (AvgIpc) is 2.36. The summed E-state index contributed by atoms with van der Waals surface area (Å²) in [6.45, 7) is 1.95. The van der Waals surface area contributed by atoms with Gasteiger partial charge in [-0.3, -0.25) is 4.79 Å². The topological polar surface area (TPSA) is 29.1 Å². The summed E-state index contributed by atoms with van der Waals surface area (Å²) in [4.78, 5) is 12.1. The summed E-state index contributed by atoms with van der Waals surface area (Å²) in [6.07, 6.45) is 0. The Labute approximate surface area is 129 Å². The van der Waals surface area contributed by atoms with E-state index < -0.39 is 0 Å². The van der Waals surface area contributed by atoms with Crippen molar-refractivity contribution in [2.24, 2.45) is 0 Å². The molecule has 0 bridgehead atoms. The second-order valence-corrected chi connectivity index (χ2v) is 5.74. The van der Waals surface area contributed by atoms with Gasteiger partial charge in [0.05, 0.1) is 10.6 Å². The molecule has 0 saturated carbocycles. The van der Waals surface area contributed by atoms with E-state index >= 15 is 0 Å². The van der Waals surface area contributed by atoms with Gasteiger partial charge in [0.25, 0.3) is 5.91 Å². The molecule has 0 saturated heterocycles. The van der Waals surface area contributed by atoms with Gasteiger partial charge in [-0.1, -0.05) is 39.1 Å². The maximum absolute atomic E-state index is 12.1. The quantitative estimate of drug-likeness (QED) is 0.773. The van der Waals surface area contributed by atoms with Crippen molar-refractivity contribution in [3.63, 3.8) is 0 Å². The van der Waals surface area contributed by atoms with Gasteiger partial charge in [0.2, 0.25) is 0 Å². The molecule has 2 nitrogen and oxygen atoms in total. The van der Waals surface area contributed by atoms with E-state index in [1.165, 1.54) is 0 Å². The first kappa shape index (κ1) is 14.4. The van der Waals surface area contributed by atoms with Crippen LogP contribution in [0.25, 0.3) is 0 Å². The Morgan fingerprint density at radius 1 is 1.16 bits per heavy atom. The van der Waals surface area contributed by atoms with Crippen LogP contribution in [0.5, 0.6) is 0 Å². The lowest BCUT2D eigenvalue weighted by atomic mass is 10.2. The molecule has 0 aliphatic rings. The highest BCUT2D eigenvalue weighted by molar-refractivity contribution is 9.10. The molecule has 98 valence electrons. The Kier molecular flexibility index (Phi) is 4.50. The summed E-state index contributed by atoms with van der Waals surface area (Å²) in [7, 11) is 0. The molecule has 0 heterocycles. The van der Waals surface area contributed by atoms with Crippen LogP contribution in [0.4, 0.5) is 5.69 Å². The Balaban J connectivity index is 2.25. The Bertz CT molecular complexity index is 643. The SMILES string of the molecule is Cc1cc(NC(=O)c2cc(Cl)ccc2Cl)ccc1Br. The van der Waals surface area contributed by atoms with Crippen LogP contribution < -0.4 is 5.32 Å².